The lowest BCUT2D eigenvalue weighted by Crippen LogP contribution is -2.22. The molecular formula is C30H25N3O3. The number of carbonyl (C=O) groups is 2. The van der Waals surface area contributed by atoms with Crippen LogP contribution in [0, 0.1) is 0 Å². The van der Waals surface area contributed by atoms with Crippen molar-refractivity contribution in [1.29, 1.82) is 0 Å². The number of furan rings is 1. The van der Waals surface area contributed by atoms with Gasteiger partial charge in [0.1, 0.15) is 5.76 Å². The first kappa shape index (κ1) is 22.9. The van der Waals surface area contributed by atoms with E-state index in [-0.39, 0.29) is 11.8 Å². The molecule has 36 heavy (non-hydrogen) atoms. The number of benzene rings is 3. The summed E-state index contributed by atoms with van der Waals surface area (Å²) in [4.78, 5) is 28.7. The van der Waals surface area contributed by atoms with Crippen molar-refractivity contribution < 1.29 is 14.0 Å². The summed E-state index contributed by atoms with van der Waals surface area (Å²) in [7, 11) is 0. The first-order valence-electron chi connectivity index (χ1n) is 11.7. The van der Waals surface area contributed by atoms with E-state index in [0.717, 1.165) is 28.6 Å². The number of hydrogen-bond donors (Lipinski definition) is 3. The topological polar surface area (TPSA) is 87.1 Å². The summed E-state index contributed by atoms with van der Waals surface area (Å²) in [6, 6.07) is 28.7. The number of rotatable bonds is 8. The number of amides is 2. The largest absolute Gasteiger partial charge is 0.467 e. The van der Waals surface area contributed by atoms with Crippen molar-refractivity contribution in [3.63, 3.8) is 0 Å². The molecule has 0 saturated carbocycles. The Bertz CT molecular complexity index is 1520. The fraction of sp³-hybridized carbons (Fsp3) is 0.0667. The highest BCUT2D eigenvalue weighted by Gasteiger charge is 2.11. The summed E-state index contributed by atoms with van der Waals surface area (Å²) >= 11 is 0. The van der Waals surface area contributed by atoms with Crippen molar-refractivity contribution >= 4 is 34.5 Å². The highest BCUT2D eigenvalue weighted by Crippen LogP contribution is 2.26. The molecule has 3 N–H and O–H groups in total. The molecule has 0 unspecified atom stereocenters. The molecule has 6 heteroatoms. The van der Waals surface area contributed by atoms with E-state index in [1.54, 1.807) is 42.7 Å². The number of nitrogens with one attached hydrogen (secondary N) is 3. The predicted octanol–water partition coefficient (Wildman–Crippen LogP) is 5.93. The number of fused-ring (bicyclic) bond motifs is 1. The monoisotopic (exact) mass is 475 g/mol. The van der Waals surface area contributed by atoms with E-state index in [4.69, 9.17) is 4.42 Å². The first-order valence-corrected chi connectivity index (χ1v) is 11.7. The van der Waals surface area contributed by atoms with Gasteiger partial charge in [-0.15, -0.1) is 0 Å². The molecule has 0 radical (unpaired) electrons. The molecular weight excluding hydrogens is 450 g/mol. The van der Waals surface area contributed by atoms with Crippen molar-refractivity contribution in [2.24, 2.45) is 0 Å². The molecule has 5 rings (SSSR count). The molecule has 2 amide bonds. The zero-order valence-electron chi connectivity index (χ0n) is 19.5. The number of carbonyl (C=O) groups excluding carboxylic acids is 2. The van der Waals surface area contributed by atoms with E-state index >= 15 is 0 Å². The van der Waals surface area contributed by atoms with Crippen LogP contribution in [-0.4, -0.2) is 16.8 Å². The maximum absolute atomic E-state index is 12.8. The standard InChI is InChI=1S/C30H25N3O3/c34-29(32-23-11-6-10-22(19-23)30(35)31-20-24-12-7-17-36-24)16-15-26-25-13-4-5-14-27(25)33-28(26)18-21-8-2-1-3-9-21/h1-17,19,33H,18,20H2,(H,31,35)(H,32,34). The molecule has 3 aromatic carbocycles. The fourth-order valence-electron chi connectivity index (χ4n) is 4.11. The van der Waals surface area contributed by atoms with Gasteiger partial charge in [-0.2, -0.15) is 0 Å². The summed E-state index contributed by atoms with van der Waals surface area (Å²) < 4.78 is 5.24. The Balaban J connectivity index is 1.30. The van der Waals surface area contributed by atoms with Crippen LogP contribution >= 0.6 is 0 Å². The van der Waals surface area contributed by atoms with Crippen LogP contribution in [0.1, 0.15) is 32.9 Å². The highest BCUT2D eigenvalue weighted by atomic mass is 16.3. The normalized spacial score (nSPS) is 11.1. The van der Waals surface area contributed by atoms with Crippen molar-refractivity contribution in [2.75, 3.05) is 5.32 Å². The van der Waals surface area contributed by atoms with Gasteiger partial charge in [0, 0.05) is 45.9 Å². The van der Waals surface area contributed by atoms with Gasteiger partial charge in [-0.3, -0.25) is 9.59 Å². The average Bonchev–Trinajstić information content (AvgIpc) is 3.54. The highest BCUT2D eigenvalue weighted by molar-refractivity contribution is 6.04. The van der Waals surface area contributed by atoms with Gasteiger partial charge < -0.3 is 20.0 Å². The number of H-pyrrole nitrogens is 1. The van der Waals surface area contributed by atoms with Crippen LogP contribution in [-0.2, 0) is 17.8 Å². The number of aromatic amines is 1. The Morgan fingerprint density at radius 3 is 2.56 bits per heavy atom. The van der Waals surface area contributed by atoms with Crippen LogP contribution in [0.25, 0.3) is 17.0 Å². The minimum atomic E-state index is -0.279. The van der Waals surface area contributed by atoms with Gasteiger partial charge in [0.05, 0.1) is 12.8 Å². The smallest absolute Gasteiger partial charge is 0.251 e. The summed E-state index contributed by atoms with van der Waals surface area (Å²) in [6.45, 7) is 0.293. The maximum atomic E-state index is 12.8. The van der Waals surface area contributed by atoms with E-state index in [9.17, 15) is 9.59 Å². The van der Waals surface area contributed by atoms with Crippen LogP contribution < -0.4 is 10.6 Å². The molecule has 0 bridgehead atoms. The molecule has 0 spiro atoms. The Hall–Kier alpha value is -4.84. The third kappa shape index (κ3) is 5.45. The lowest BCUT2D eigenvalue weighted by molar-refractivity contribution is -0.111. The third-order valence-corrected chi connectivity index (χ3v) is 5.85. The van der Waals surface area contributed by atoms with E-state index in [1.165, 1.54) is 11.6 Å². The summed E-state index contributed by atoms with van der Waals surface area (Å²) in [6.07, 6.45) is 5.65. The van der Waals surface area contributed by atoms with Crippen LogP contribution in [0.2, 0.25) is 0 Å². The maximum Gasteiger partial charge on any atom is 0.251 e. The molecule has 2 heterocycles. The van der Waals surface area contributed by atoms with Gasteiger partial charge in [-0.1, -0.05) is 54.6 Å². The van der Waals surface area contributed by atoms with Crippen molar-refractivity contribution in [1.82, 2.24) is 10.3 Å². The minimum Gasteiger partial charge on any atom is -0.467 e. The van der Waals surface area contributed by atoms with Gasteiger partial charge in [0.15, 0.2) is 0 Å². The van der Waals surface area contributed by atoms with Crippen LogP contribution in [0.5, 0.6) is 0 Å². The van der Waals surface area contributed by atoms with Gasteiger partial charge in [0.2, 0.25) is 5.91 Å². The second-order valence-corrected chi connectivity index (χ2v) is 8.39. The zero-order chi connectivity index (χ0) is 24.7. The molecule has 2 aromatic heterocycles. The summed E-state index contributed by atoms with van der Waals surface area (Å²) in [5.41, 5.74) is 5.23. The molecule has 0 atom stereocenters. The third-order valence-electron chi connectivity index (χ3n) is 5.85. The second kappa shape index (κ2) is 10.6. The van der Waals surface area contributed by atoms with Gasteiger partial charge in [-0.05, 0) is 48.0 Å². The summed E-state index contributed by atoms with van der Waals surface area (Å²) in [5, 5.41) is 6.72. The van der Waals surface area contributed by atoms with Crippen molar-refractivity contribution in [3.05, 3.63) is 131 Å². The average molecular weight is 476 g/mol. The van der Waals surface area contributed by atoms with E-state index < -0.39 is 0 Å². The first-order chi connectivity index (χ1) is 17.7. The van der Waals surface area contributed by atoms with Crippen LogP contribution in [0.4, 0.5) is 5.69 Å². The second-order valence-electron chi connectivity index (χ2n) is 8.39. The lowest BCUT2D eigenvalue weighted by atomic mass is 10.0. The Morgan fingerprint density at radius 2 is 1.72 bits per heavy atom. The van der Waals surface area contributed by atoms with Crippen LogP contribution in [0.15, 0.2) is 108 Å². The molecule has 0 fully saturated rings. The van der Waals surface area contributed by atoms with Crippen molar-refractivity contribution in [2.45, 2.75) is 13.0 Å². The number of aromatic nitrogens is 1. The molecule has 0 aliphatic carbocycles. The number of anilines is 1. The summed E-state index contributed by atoms with van der Waals surface area (Å²) in [5.74, 6) is 0.142. The number of hydrogen-bond acceptors (Lipinski definition) is 3. The molecule has 6 nitrogen and oxygen atoms in total. The fourth-order valence-corrected chi connectivity index (χ4v) is 4.11. The van der Waals surface area contributed by atoms with Crippen molar-refractivity contribution in [3.8, 4) is 0 Å². The lowest BCUT2D eigenvalue weighted by Gasteiger charge is -2.07. The minimum absolute atomic E-state index is 0.248. The van der Waals surface area contributed by atoms with Gasteiger partial charge >= 0.3 is 0 Å². The van der Waals surface area contributed by atoms with Gasteiger partial charge in [0.25, 0.3) is 5.91 Å². The molecule has 0 aliphatic rings. The van der Waals surface area contributed by atoms with E-state index in [0.29, 0.717) is 23.6 Å². The molecule has 178 valence electrons. The quantitative estimate of drug-likeness (QED) is 0.243. The van der Waals surface area contributed by atoms with E-state index in [1.807, 2.05) is 48.5 Å². The Labute approximate surface area is 208 Å². The Morgan fingerprint density at radius 1 is 0.889 bits per heavy atom. The number of para-hydroxylation sites is 1. The molecule has 0 saturated heterocycles. The Kier molecular flexibility index (Phi) is 6.76. The molecule has 5 aromatic rings. The SMILES string of the molecule is O=C(C=Cc1c(Cc2ccccc2)[nH]c2ccccc12)Nc1cccc(C(=O)NCc2ccco2)c1. The van der Waals surface area contributed by atoms with E-state index in [2.05, 4.69) is 27.8 Å². The zero-order valence-corrected chi connectivity index (χ0v) is 19.5. The predicted molar refractivity (Wildman–Crippen MR) is 142 cm³/mol. The van der Waals surface area contributed by atoms with Crippen LogP contribution in [0.3, 0.4) is 0 Å². The molecule has 0 aliphatic heterocycles. The van der Waals surface area contributed by atoms with Gasteiger partial charge in [-0.25, -0.2) is 0 Å².